The van der Waals surface area contributed by atoms with Crippen molar-refractivity contribution in [2.45, 2.75) is 131 Å². The predicted octanol–water partition coefficient (Wildman–Crippen LogP) is 28.6. The van der Waals surface area contributed by atoms with E-state index in [2.05, 4.69) is 461 Å². The summed E-state index contributed by atoms with van der Waals surface area (Å²) in [6, 6.07) is 128. The van der Waals surface area contributed by atoms with E-state index in [9.17, 15) is 0 Å². The quantitative estimate of drug-likeness (QED) is 0.120. The first-order valence-electron chi connectivity index (χ1n) is 41.4. The second kappa shape index (κ2) is 27.6. The lowest BCUT2D eigenvalue weighted by molar-refractivity contribution is 0.569. The van der Waals surface area contributed by atoms with Gasteiger partial charge >= 0.3 is 0 Å². The van der Waals surface area contributed by atoms with Crippen LogP contribution in [0.2, 0.25) is 0 Å². The number of fused-ring (bicyclic) bond motifs is 10. The van der Waals surface area contributed by atoms with Crippen molar-refractivity contribution in [1.29, 1.82) is 0 Å². The van der Waals surface area contributed by atoms with Gasteiger partial charge in [0.2, 0.25) is 0 Å². The highest BCUT2D eigenvalue weighted by Gasteiger charge is 2.45. The summed E-state index contributed by atoms with van der Waals surface area (Å²) in [4.78, 5) is 7.85. The van der Waals surface area contributed by atoms with Crippen molar-refractivity contribution in [3.63, 3.8) is 0 Å². The molecular weight excluding hydrogens is 1400 g/mol. The molecule has 2 aliphatic heterocycles. The van der Waals surface area contributed by atoms with Crippen LogP contribution in [0.4, 0.5) is 51.2 Å². The van der Waals surface area contributed by atoms with Crippen molar-refractivity contribution < 1.29 is 0 Å². The lowest BCUT2D eigenvalue weighted by atomic mass is 9.33. The Morgan fingerprint density at radius 2 is 0.586 bits per heavy atom. The fraction of sp³-hybridized carbons (Fsp3) is 0.182. The van der Waals surface area contributed by atoms with Crippen molar-refractivity contribution in [3.05, 3.63) is 361 Å². The van der Waals surface area contributed by atoms with E-state index in [1.54, 1.807) is 0 Å². The van der Waals surface area contributed by atoms with Crippen LogP contribution in [0.15, 0.2) is 334 Å². The van der Waals surface area contributed by atoms with Gasteiger partial charge < -0.3 is 23.8 Å². The molecule has 5 nitrogen and oxygen atoms in total. The Balaban J connectivity index is 0.960. The zero-order valence-corrected chi connectivity index (χ0v) is 69.6. The topological polar surface area (TPSA) is 19.6 Å². The van der Waals surface area contributed by atoms with Gasteiger partial charge in [-0.05, 0) is 249 Å². The maximum absolute atomic E-state index is 2.68. The second-order valence-corrected chi connectivity index (χ2v) is 37.6. The molecule has 0 atom stereocenters. The van der Waals surface area contributed by atoms with E-state index >= 15 is 0 Å². The van der Waals surface area contributed by atoms with Gasteiger partial charge in [-0.1, -0.05) is 304 Å². The van der Waals surface area contributed by atoms with Gasteiger partial charge in [0, 0.05) is 78.4 Å². The molecule has 4 heterocycles. The lowest BCUT2D eigenvalue weighted by Gasteiger charge is -2.45. The van der Waals surface area contributed by atoms with Gasteiger partial charge in [-0.3, -0.25) is 0 Å². The Morgan fingerprint density at radius 1 is 0.216 bits per heavy atom. The monoisotopic (exact) mass is 1500 g/mol. The zero-order valence-electron chi connectivity index (χ0n) is 69.6. The molecule has 17 aromatic rings. The first-order chi connectivity index (χ1) is 55.7. The van der Waals surface area contributed by atoms with Gasteiger partial charge in [0.1, 0.15) is 0 Å². The zero-order chi connectivity index (χ0) is 80.1. The smallest absolute Gasteiger partial charge is 0.252 e. The molecule has 0 amide bonds. The molecule has 0 bridgehead atoms. The minimum absolute atomic E-state index is 0.0698. The Hall–Kier alpha value is -12.6. The average molecular weight is 1500 g/mol. The van der Waals surface area contributed by atoms with E-state index in [0.717, 1.165) is 84.8 Å². The molecule has 0 unspecified atom stereocenters. The van der Waals surface area contributed by atoms with Crippen molar-refractivity contribution in [2.75, 3.05) is 14.7 Å². The predicted molar refractivity (Wildman–Crippen MR) is 499 cm³/mol. The van der Waals surface area contributed by atoms with Crippen LogP contribution in [0.25, 0.3) is 99.5 Å². The van der Waals surface area contributed by atoms with Crippen LogP contribution in [0.3, 0.4) is 0 Å². The molecule has 2 aliphatic rings. The molecule has 2 aromatic heterocycles. The minimum Gasteiger partial charge on any atom is -0.311 e. The molecule has 0 saturated heterocycles. The van der Waals surface area contributed by atoms with E-state index in [0.29, 0.717) is 0 Å². The van der Waals surface area contributed by atoms with E-state index in [1.807, 2.05) is 0 Å². The fourth-order valence-corrected chi connectivity index (χ4v) is 18.1. The summed E-state index contributed by atoms with van der Waals surface area (Å²) in [7, 11) is 0. The Bertz CT molecular complexity index is 6490. The lowest BCUT2D eigenvalue weighted by Crippen LogP contribution is -2.61. The molecule has 15 aromatic carbocycles. The Labute approximate surface area is 685 Å². The van der Waals surface area contributed by atoms with E-state index in [-0.39, 0.29) is 33.8 Å². The molecule has 0 fully saturated rings. The number of rotatable bonds is 11. The van der Waals surface area contributed by atoms with Crippen molar-refractivity contribution in [2.24, 2.45) is 0 Å². The molecule has 0 saturated carbocycles. The number of aromatic nitrogens is 2. The van der Waals surface area contributed by atoms with Gasteiger partial charge in [0.05, 0.1) is 27.8 Å². The van der Waals surface area contributed by atoms with Crippen LogP contribution in [0, 0.1) is 0 Å². The van der Waals surface area contributed by atoms with Crippen LogP contribution in [0.1, 0.15) is 132 Å². The summed E-state index contributed by atoms with van der Waals surface area (Å²) < 4.78 is 4.98. The number of hydrogen-bond acceptors (Lipinski definition) is 3. The highest BCUT2D eigenvalue weighted by atomic mass is 15.2. The number of nitrogens with zero attached hydrogens (tertiary/aromatic N) is 5. The van der Waals surface area contributed by atoms with E-state index in [1.165, 1.54) is 110 Å². The van der Waals surface area contributed by atoms with Crippen LogP contribution < -0.4 is 31.1 Å². The van der Waals surface area contributed by atoms with Crippen molar-refractivity contribution >= 4 is 118 Å². The number of benzene rings is 15. The van der Waals surface area contributed by atoms with Gasteiger partial charge in [-0.2, -0.15) is 0 Å². The highest BCUT2D eigenvalue weighted by molar-refractivity contribution is 7.00. The maximum Gasteiger partial charge on any atom is 0.252 e. The van der Waals surface area contributed by atoms with E-state index in [4.69, 9.17) is 0 Å². The van der Waals surface area contributed by atoms with Crippen LogP contribution in [-0.2, 0) is 27.1 Å². The summed E-state index contributed by atoms with van der Waals surface area (Å²) in [5.74, 6) is 0. The maximum atomic E-state index is 2.68. The molecule has 0 N–H and O–H groups in total. The summed E-state index contributed by atoms with van der Waals surface area (Å²) in [6.45, 7) is 35.0. The van der Waals surface area contributed by atoms with E-state index < -0.39 is 0 Å². The third kappa shape index (κ3) is 12.9. The SMILES string of the molecule is CC(C)(C)c1cc(-c2ccccc2)cc(N2c3cc(-c4cc(C(C)(C)C)cc(C(C)(C)C)c4)ccc3B3c4ccc(-n5c6ccc(C(C)(C)C)cc6c6cc(C(C)(C)C)ccc65)cc4N(c4cc(-c5ccccc5)cc(-c5ccccc5)c4)c4cc(N(c5ccccc5)c5ccc(-n6c7ccccc7c7ccccc76)cc5)cc2c43)c1. The number of para-hydroxylation sites is 3. The number of anilines is 9. The highest BCUT2D eigenvalue weighted by Crippen LogP contribution is 2.53. The summed E-state index contributed by atoms with van der Waals surface area (Å²) in [6.07, 6.45) is 0. The molecule has 568 valence electrons. The van der Waals surface area contributed by atoms with Crippen LogP contribution >= 0.6 is 0 Å². The third-order valence-electron chi connectivity index (χ3n) is 24.6. The largest absolute Gasteiger partial charge is 0.311 e. The van der Waals surface area contributed by atoms with Crippen molar-refractivity contribution in [1.82, 2.24) is 9.13 Å². The molecule has 0 radical (unpaired) electrons. The standard InChI is InChI=1S/C110H100BN5/c1-106(2,3)79-45-54-99-93(66-79)94-67-80(107(4,5)6)46-55-100(94)114(99)87-51-53-96-102(68-87)115(88-60-75(71-32-20-16-21-33-71)56-76(61-88)72-34-22-17-23-35-72)103-69-90(112(84-38-26-19-27-39-84)85-47-49-86(50-48-85)113-97-42-30-28-40-91(97)92-41-29-31-43-98(92)113)70-104-105(103)111(96)95-52-44-74(77-57-81(108(7,8)9)64-82(58-77)109(10,11)12)63-101(95)116(104)89-62-78(73-36-24-18-25-37-73)59-83(65-89)110(13,14)15/h16-70H,1-15H3. The Morgan fingerprint density at radius 3 is 1.06 bits per heavy atom. The average Bonchev–Trinajstić information content (AvgIpc) is 1.33. The summed E-state index contributed by atoms with van der Waals surface area (Å²) in [5.41, 5.74) is 35.4. The van der Waals surface area contributed by atoms with Gasteiger partial charge in [0.15, 0.2) is 0 Å². The molecule has 116 heavy (non-hydrogen) atoms. The minimum atomic E-state index is -0.261. The Kier molecular flexibility index (Phi) is 17.5. The molecular formula is C110H100BN5. The summed E-state index contributed by atoms with van der Waals surface area (Å²) in [5, 5.41) is 4.98. The normalized spacial score (nSPS) is 13.1. The molecule has 6 heteroatoms. The molecule has 19 rings (SSSR count). The van der Waals surface area contributed by atoms with Gasteiger partial charge in [-0.15, -0.1) is 0 Å². The second-order valence-electron chi connectivity index (χ2n) is 37.6. The van der Waals surface area contributed by atoms with Crippen molar-refractivity contribution in [3.8, 4) is 55.9 Å². The fourth-order valence-electron chi connectivity index (χ4n) is 18.1. The summed E-state index contributed by atoms with van der Waals surface area (Å²) >= 11 is 0. The number of hydrogen-bond donors (Lipinski definition) is 0. The van der Waals surface area contributed by atoms with Crippen LogP contribution in [-0.4, -0.2) is 15.8 Å². The molecule has 0 aliphatic carbocycles. The van der Waals surface area contributed by atoms with Crippen LogP contribution in [0.5, 0.6) is 0 Å². The molecule has 0 spiro atoms. The van der Waals surface area contributed by atoms with Gasteiger partial charge in [0.25, 0.3) is 6.71 Å². The first kappa shape index (κ1) is 73.5. The third-order valence-corrected chi connectivity index (χ3v) is 24.6. The van der Waals surface area contributed by atoms with Gasteiger partial charge in [-0.25, -0.2) is 0 Å². The first-order valence-corrected chi connectivity index (χ1v) is 41.4.